The molecule has 11 heteroatoms. The summed E-state index contributed by atoms with van der Waals surface area (Å²) in [6.07, 6.45) is 5.27. The Labute approximate surface area is 229 Å². The summed E-state index contributed by atoms with van der Waals surface area (Å²) in [5.41, 5.74) is 2.55. The number of hydrogen-bond donors (Lipinski definition) is 2. The number of H-pyrrole nitrogens is 1. The topological polar surface area (TPSA) is 136 Å². The molecule has 2 aromatic carbocycles. The predicted octanol–water partition coefficient (Wildman–Crippen LogP) is 4.87. The number of non-ortho nitro benzene ring substituents is 1. The third-order valence-electron chi connectivity index (χ3n) is 6.37. The minimum Gasteiger partial charge on any atom is -0.466 e. The average Bonchev–Trinajstić information content (AvgIpc) is 3.45. The lowest BCUT2D eigenvalue weighted by molar-refractivity contribution is -0.384. The van der Waals surface area contributed by atoms with Gasteiger partial charge in [-0.05, 0) is 36.6 Å². The van der Waals surface area contributed by atoms with Crippen molar-refractivity contribution in [3.63, 3.8) is 0 Å². The van der Waals surface area contributed by atoms with Gasteiger partial charge in [-0.25, -0.2) is 19.0 Å². The maximum atomic E-state index is 14.8. The molecule has 0 radical (unpaired) electrons. The van der Waals surface area contributed by atoms with Crippen molar-refractivity contribution in [3.05, 3.63) is 122 Å². The Kier molecular flexibility index (Phi) is 8.53. The van der Waals surface area contributed by atoms with Gasteiger partial charge in [-0.1, -0.05) is 36.4 Å². The number of aromatic nitrogens is 2. The lowest BCUT2D eigenvalue weighted by Crippen LogP contribution is -2.32. The number of benzene rings is 2. The van der Waals surface area contributed by atoms with Crippen molar-refractivity contribution in [2.24, 2.45) is 0 Å². The smallest absolute Gasteiger partial charge is 0.337 e. The number of carbonyl (C=O) groups excluding carboxylic acids is 2. The van der Waals surface area contributed by atoms with E-state index < -0.39 is 35.2 Å². The molecule has 0 saturated heterocycles. The number of allylic oxidation sites excluding steroid dienone is 2. The second-order valence-electron chi connectivity index (χ2n) is 9.10. The van der Waals surface area contributed by atoms with Crippen LogP contribution in [0.1, 0.15) is 42.3 Å². The molecule has 4 rings (SSSR count). The molecule has 0 amide bonds. The van der Waals surface area contributed by atoms with Crippen LogP contribution < -0.4 is 5.32 Å². The molecule has 1 aliphatic heterocycles. The number of esters is 2. The Balaban J connectivity index is 1.54. The number of methoxy groups -OCH3 is 1. The lowest BCUT2D eigenvalue weighted by Gasteiger charge is -2.30. The van der Waals surface area contributed by atoms with Gasteiger partial charge in [0.15, 0.2) is 0 Å². The number of carbonyl (C=O) groups is 2. The fourth-order valence-corrected chi connectivity index (χ4v) is 4.55. The van der Waals surface area contributed by atoms with Gasteiger partial charge < -0.3 is 19.8 Å². The molecular weight excluding hydrogens is 519 g/mol. The first kappa shape index (κ1) is 28.0. The Hall–Kier alpha value is -5.06. The molecule has 0 bridgehead atoms. The van der Waals surface area contributed by atoms with Crippen molar-refractivity contribution in [1.29, 1.82) is 0 Å². The summed E-state index contributed by atoms with van der Waals surface area (Å²) in [5, 5.41) is 14.4. The number of aromatic amines is 1. The monoisotopic (exact) mass is 546 g/mol. The van der Waals surface area contributed by atoms with Crippen molar-refractivity contribution in [3.8, 4) is 0 Å². The van der Waals surface area contributed by atoms with E-state index in [0.29, 0.717) is 28.9 Å². The molecule has 0 fully saturated rings. The number of nitrogens with one attached hydrogen (secondary N) is 2. The first-order valence-electron chi connectivity index (χ1n) is 12.3. The zero-order valence-electron chi connectivity index (χ0n) is 22.1. The number of nitro benzene ring substituents is 1. The largest absolute Gasteiger partial charge is 0.466 e. The highest BCUT2D eigenvalue weighted by Gasteiger charge is 2.38. The molecule has 0 aliphatic carbocycles. The summed E-state index contributed by atoms with van der Waals surface area (Å²) >= 11 is 0. The number of nitro groups is 1. The maximum Gasteiger partial charge on any atom is 0.337 e. The van der Waals surface area contributed by atoms with Crippen molar-refractivity contribution < 1.29 is 28.4 Å². The van der Waals surface area contributed by atoms with E-state index in [2.05, 4.69) is 15.3 Å². The molecule has 40 heavy (non-hydrogen) atoms. The zero-order chi connectivity index (χ0) is 28.8. The molecule has 1 aromatic heterocycles. The highest BCUT2D eigenvalue weighted by molar-refractivity contribution is 6.00. The molecule has 206 valence electrons. The van der Waals surface area contributed by atoms with Gasteiger partial charge in [0.25, 0.3) is 5.69 Å². The summed E-state index contributed by atoms with van der Waals surface area (Å²) in [7, 11) is 1.19. The molecule has 2 heterocycles. The van der Waals surface area contributed by atoms with Gasteiger partial charge in [0, 0.05) is 42.3 Å². The molecule has 1 unspecified atom stereocenters. The SMILES string of the molecule is COC(=O)C1=C(C)NC(C)=C(C(=O)OC/C(F)=C/c2ccc(Cc3ncc[nH]3)cc2)C1c1cccc([N+](=O)[O-])c1. The maximum absolute atomic E-state index is 14.8. The number of nitrogens with zero attached hydrogens (tertiary/aromatic N) is 2. The van der Waals surface area contributed by atoms with Crippen LogP contribution in [0, 0.1) is 10.1 Å². The highest BCUT2D eigenvalue weighted by Crippen LogP contribution is 2.40. The van der Waals surface area contributed by atoms with Crippen LogP contribution in [0.4, 0.5) is 10.1 Å². The molecule has 10 nitrogen and oxygen atoms in total. The summed E-state index contributed by atoms with van der Waals surface area (Å²) < 4.78 is 25.0. The van der Waals surface area contributed by atoms with E-state index in [1.165, 1.54) is 31.4 Å². The van der Waals surface area contributed by atoms with E-state index in [4.69, 9.17) is 9.47 Å². The molecule has 0 spiro atoms. The average molecular weight is 547 g/mol. The van der Waals surface area contributed by atoms with Gasteiger partial charge in [-0.3, -0.25) is 10.1 Å². The van der Waals surface area contributed by atoms with Gasteiger partial charge in [0.05, 0.1) is 29.1 Å². The first-order chi connectivity index (χ1) is 19.2. The minimum atomic E-state index is -1.03. The molecule has 2 N–H and O–H groups in total. The van der Waals surface area contributed by atoms with Crippen LogP contribution in [0.5, 0.6) is 0 Å². The molecular formula is C29H27FN4O6. The van der Waals surface area contributed by atoms with Crippen LogP contribution in [-0.2, 0) is 25.5 Å². The van der Waals surface area contributed by atoms with Crippen molar-refractivity contribution in [2.75, 3.05) is 13.7 Å². The number of halogens is 1. The number of ether oxygens (including phenoxy) is 2. The summed E-state index contributed by atoms with van der Waals surface area (Å²) in [6, 6.07) is 12.8. The van der Waals surface area contributed by atoms with Crippen LogP contribution in [-0.4, -0.2) is 40.5 Å². The lowest BCUT2D eigenvalue weighted by atomic mass is 9.80. The molecule has 0 saturated carbocycles. The van der Waals surface area contributed by atoms with Gasteiger partial charge in [-0.15, -0.1) is 0 Å². The third kappa shape index (κ3) is 6.32. The predicted molar refractivity (Wildman–Crippen MR) is 144 cm³/mol. The summed E-state index contributed by atoms with van der Waals surface area (Å²) in [4.78, 5) is 44.1. The number of rotatable bonds is 9. The molecule has 3 aromatic rings. The standard InChI is InChI=1S/C29H27FN4O6/c1-17-25(28(35)39-3)27(21-5-4-6-23(15-21)34(37)38)26(18(2)33-17)29(36)40-16-22(30)13-19-7-9-20(10-8-19)14-24-31-11-12-32-24/h4-13,15,27,33H,14,16H2,1-3H3,(H,31,32)/b22-13-. The fourth-order valence-electron chi connectivity index (χ4n) is 4.55. The Morgan fingerprint density at radius 1 is 1.10 bits per heavy atom. The first-order valence-corrected chi connectivity index (χ1v) is 12.3. The zero-order valence-corrected chi connectivity index (χ0v) is 22.1. The van der Waals surface area contributed by atoms with Crippen LogP contribution in [0.15, 0.2) is 89.3 Å². The third-order valence-corrected chi connectivity index (χ3v) is 6.37. The second kappa shape index (κ2) is 12.2. The summed E-state index contributed by atoms with van der Waals surface area (Å²) in [6.45, 7) is 2.58. The number of imidazole rings is 1. The minimum absolute atomic E-state index is 0.0153. The van der Waals surface area contributed by atoms with E-state index in [1.54, 1.807) is 44.4 Å². The highest BCUT2D eigenvalue weighted by atomic mass is 19.1. The number of dihydropyridines is 1. The van der Waals surface area contributed by atoms with E-state index in [-0.39, 0.29) is 16.8 Å². The number of hydrogen-bond acceptors (Lipinski definition) is 8. The van der Waals surface area contributed by atoms with Gasteiger partial charge in [0.2, 0.25) is 0 Å². The Bertz CT molecular complexity index is 1520. The van der Waals surface area contributed by atoms with Crippen molar-refractivity contribution >= 4 is 23.7 Å². The fraction of sp³-hybridized carbons (Fsp3) is 0.207. The van der Waals surface area contributed by atoms with Crippen LogP contribution >= 0.6 is 0 Å². The molecule has 1 aliphatic rings. The van der Waals surface area contributed by atoms with Gasteiger partial charge in [0.1, 0.15) is 18.3 Å². The quantitative estimate of drug-likeness (QED) is 0.220. The second-order valence-corrected chi connectivity index (χ2v) is 9.10. The van der Waals surface area contributed by atoms with Crippen molar-refractivity contribution in [1.82, 2.24) is 15.3 Å². The summed E-state index contributed by atoms with van der Waals surface area (Å²) in [5.74, 6) is -2.52. The van der Waals surface area contributed by atoms with E-state index >= 15 is 0 Å². The normalized spacial score (nSPS) is 15.5. The molecule has 1 atom stereocenters. The van der Waals surface area contributed by atoms with Crippen LogP contribution in [0.3, 0.4) is 0 Å². The van der Waals surface area contributed by atoms with E-state index in [9.17, 15) is 24.1 Å². The van der Waals surface area contributed by atoms with E-state index in [0.717, 1.165) is 11.4 Å². The van der Waals surface area contributed by atoms with Gasteiger partial charge in [-0.2, -0.15) is 0 Å². The van der Waals surface area contributed by atoms with Crippen molar-refractivity contribution in [2.45, 2.75) is 26.2 Å². The van der Waals surface area contributed by atoms with Crippen LogP contribution in [0.25, 0.3) is 6.08 Å². The van der Waals surface area contributed by atoms with E-state index in [1.807, 2.05) is 12.1 Å². The Morgan fingerprint density at radius 2 is 1.80 bits per heavy atom. The Morgan fingerprint density at radius 3 is 2.42 bits per heavy atom. The van der Waals surface area contributed by atoms with Crippen LogP contribution in [0.2, 0.25) is 0 Å². The van der Waals surface area contributed by atoms with Gasteiger partial charge >= 0.3 is 11.9 Å².